The number of hydrogen-bond donors (Lipinski definition) is 1. The Bertz CT molecular complexity index is 697. The van der Waals surface area contributed by atoms with E-state index in [9.17, 15) is 9.59 Å². The van der Waals surface area contributed by atoms with Crippen molar-refractivity contribution < 1.29 is 19.1 Å². The van der Waals surface area contributed by atoms with Crippen molar-refractivity contribution >= 4 is 17.6 Å². The van der Waals surface area contributed by atoms with Crippen LogP contribution in [0, 0.1) is 0 Å². The van der Waals surface area contributed by atoms with Crippen molar-refractivity contribution in [3.63, 3.8) is 0 Å². The van der Waals surface area contributed by atoms with E-state index in [1.54, 1.807) is 30.3 Å². The van der Waals surface area contributed by atoms with Gasteiger partial charge in [-0.3, -0.25) is 4.79 Å². The van der Waals surface area contributed by atoms with E-state index in [-0.39, 0.29) is 18.1 Å². The smallest absolute Gasteiger partial charge is 0.342 e. The third-order valence-electron chi connectivity index (χ3n) is 3.28. The number of aryl methyl sites for hydroxylation is 1. The molecule has 5 heteroatoms. The highest BCUT2D eigenvalue weighted by molar-refractivity contribution is 5.96. The summed E-state index contributed by atoms with van der Waals surface area (Å²) in [6.07, 6.45) is 0.881. The predicted octanol–water partition coefficient (Wildman–Crippen LogP) is 3.05. The number of benzene rings is 2. The van der Waals surface area contributed by atoms with Gasteiger partial charge < -0.3 is 14.8 Å². The molecule has 23 heavy (non-hydrogen) atoms. The lowest BCUT2D eigenvalue weighted by Gasteiger charge is -2.09. The topological polar surface area (TPSA) is 64.6 Å². The monoisotopic (exact) mass is 313 g/mol. The second-order valence-corrected chi connectivity index (χ2v) is 4.88. The molecule has 0 spiro atoms. The summed E-state index contributed by atoms with van der Waals surface area (Å²) in [5.41, 5.74) is 2.09. The first-order valence-electron chi connectivity index (χ1n) is 7.33. The molecule has 1 N–H and O–H groups in total. The highest BCUT2D eigenvalue weighted by Gasteiger charge is 2.14. The third-order valence-corrected chi connectivity index (χ3v) is 3.28. The molecule has 0 aliphatic heterocycles. The number of nitrogens with one attached hydrogen (secondary N) is 1. The maximum absolute atomic E-state index is 12.0. The second-order valence-electron chi connectivity index (χ2n) is 4.88. The summed E-state index contributed by atoms with van der Waals surface area (Å²) in [6.45, 7) is 1.68. The van der Waals surface area contributed by atoms with Crippen molar-refractivity contribution in [2.24, 2.45) is 0 Å². The van der Waals surface area contributed by atoms with Crippen LogP contribution in [0.4, 0.5) is 5.69 Å². The summed E-state index contributed by atoms with van der Waals surface area (Å²) in [6, 6.07) is 14.2. The summed E-state index contributed by atoms with van der Waals surface area (Å²) in [5, 5.41) is 2.70. The summed E-state index contributed by atoms with van der Waals surface area (Å²) in [5.74, 6) is -0.574. The van der Waals surface area contributed by atoms with Crippen LogP contribution in [0.2, 0.25) is 0 Å². The quantitative estimate of drug-likeness (QED) is 0.833. The number of amides is 1. The Kier molecular flexibility index (Phi) is 5.74. The normalized spacial score (nSPS) is 10.0. The zero-order chi connectivity index (χ0) is 16.7. The minimum absolute atomic E-state index is 0.288. The predicted molar refractivity (Wildman–Crippen MR) is 87.7 cm³/mol. The molecule has 0 heterocycles. The lowest BCUT2D eigenvalue weighted by molar-refractivity contribution is -0.119. The Morgan fingerprint density at radius 2 is 1.87 bits per heavy atom. The Labute approximate surface area is 135 Å². The number of hydrogen-bond acceptors (Lipinski definition) is 4. The Morgan fingerprint density at radius 3 is 2.61 bits per heavy atom. The average molecular weight is 313 g/mol. The van der Waals surface area contributed by atoms with Crippen LogP contribution in [0.5, 0.6) is 5.75 Å². The van der Waals surface area contributed by atoms with Crippen LogP contribution >= 0.6 is 0 Å². The summed E-state index contributed by atoms with van der Waals surface area (Å²) < 4.78 is 10.1. The standard InChI is InChI=1S/C18H19NO4/c1-3-13-7-6-8-14(11-13)19-17(20)12-23-18(21)15-9-4-5-10-16(15)22-2/h4-11H,3,12H2,1-2H3,(H,19,20). The molecule has 0 aliphatic carbocycles. The van der Waals surface area contributed by atoms with Crippen molar-refractivity contribution in [3.8, 4) is 5.75 Å². The molecule has 2 aromatic rings. The lowest BCUT2D eigenvalue weighted by Crippen LogP contribution is -2.21. The van der Waals surface area contributed by atoms with E-state index in [0.717, 1.165) is 12.0 Å². The minimum atomic E-state index is -0.597. The van der Waals surface area contributed by atoms with Crippen LogP contribution in [-0.4, -0.2) is 25.6 Å². The molecule has 0 atom stereocenters. The van der Waals surface area contributed by atoms with Crippen molar-refractivity contribution in [2.75, 3.05) is 19.0 Å². The lowest BCUT2D eigenvalue weighted by atomic mass is 10.1. The molecule has 0 bridgehead atoms. The number of methoxy groups -OCH3 is 1. The molecule has 1 amide bonds. The molecule has 0 fully saturated rings. The van der Waals surface area contributed by atoms with Crippen molar-refractivity contribution in [1.82, 2.24) is 0 Å². The van der Waals surface area contributed by atoms with Gasteiger partial charge in [0, 0.05) is 5.69 Å². The third kappa shape index (κ3) is 4.57. The Hall–Kier alpha value is -2.82. The van der Waals surface area contributed by atoms with E-state index >= 15 is 0 Å². The first-order chi connectivity index (χ1) is 11.1. The number of ether oxygens (including phenoxy) is 2. The number of anilines is 1. The van der Waals surface area contributed by atoms with Crippen LogP contribution < -0.4 is 10.1 Å². The SMILES string of the molecule is CCc1cccc(NC(=O)COC(=O)c2ccccc2OC)c1. The van der Waals surface area contributed by atoms with Gasteiger partial charge in [-0.1, -0.05) is 31.2 Å². The molecule has 120 valence electrons. The van der Waals surface area contributed by atoms with Gasteiger partial charge in [0.2, 0.25) is 0 Å². The van der Waals surface area contributed by atoms with Crippen LogP contribution in [0.15, 0.2) is 48.5 Å². The zero-order valence-corrected chi connectivity index (χ0v) is 13.2. The largest absolute Gasteiger partial charge is 0.496 e. The second kappa shape index (κ2) is 7.98. The number of esters is 1. The number of carbonyl (C=O) groups excluding carboxylic acids is 2. The van der Waals surface area contributed by atoms with E-state index < -0.39 is 5.97 Å². The van der Waals surface area contributed by atoms with Gasteiger partial charge >= 0.3 is 5.97 Å². The molecule has 0 unspecified atom stereocenters. The fourth-order valence-corrected chi connectivity index (χ4v) is 2.09. The maximum atomic E-state index is 12.0. The summed E-state index contributed by atoms with van der Waals surface area (Å²) in [4.78, 5) is 23.9. The number of para-hydroxylation sites is 1. The minimum Gasteiger partial charge on any atom is -0.496 e. The molecule has 0 aliphatic rings. The van der Waals surface area contributed by atoms with Gasteiger partial charge in [0.1, 0.15) is 11.3 Å². The van der Waals surface area contributed by atoms with Gasteiger partial charge in [0.05, 0.1) is 7.11 Å². The fraction of sp³-hybridized carbons (Fsp3) is 0.222. The van der Waals surface area contributed by atoms with E-state index in [1.807, 2.05) is 25.1 Å². The van der Waals surface area contributed by atoms with E-state index in [0.29, 0.717) is 11.4 Å². The highest BCUT2D eigenvalue weighted by atomic mass is 16.5. The average Bonchev–Trinajstić information content (AvgIpc) is 2.59. The van der Waals surface area contributed by atoms with Crippen LogP contribution in [0.1, 0.15) is 22.8 Å². The molecule has 0 saturated heterocycles. The first-order valence-corrected chi connectivity index (χ1v) is 7.33. The number of rotatable bonds is 6. The van der Waals surface area contributed by atoms with Crippen molar-refractivity contribution in [1.29, 1.82) is 0 Å². The van der Waals surface area contributed by atoms with Gasteiger partial charge in [-0.15, -0.1) is 0 Å². The molecular weight excluding hydrogens is 294 g/mol. The molecule has 0 radical (unpaired) electrons. The molecule has 0 saturated carbocycles. The summed E-state index contributed by atoms with van der Waals surface area (Å²) >= 11 is 0. The van der Waals surface area contributed by atoms with Gasteiger partial charge in [-0.05, 0) is 36.2 Å². The zero-order valence-electron chi connectivity index (χ0n) is 13.2. The van der Waals surface area contributed by atoms with Crippen molar-refractivity contribution in [2.45, 2.75) is 13.3 Å². The van der Waals surface area contributed by atoms with Crippen molar-refractivity contribution in [3.05, 3.63) is 59.7 Å². The fourth-order valence-electron chi connectivity index (χ4n) is 2.09. The van der Waals surface area contributed by atoms with Crippen LogP contribution in [0.25, 0.3) is 0 Å². The summed E-state index contributed by atoms with van der Waals surface area (Å²) in [7, 11) is 1.47. The molecule has 2 aromatic carbocycles. The molecule has 5 nitrogen and oxygen atoms in total. The van der Waals surface area contributed by atoms with E-state index in [2.05, 4.69) is 5.32 Å². The molecular formula is C18H19NO4. The van der Waals surface area contributed by atoms with Crippen LogP contribution in [-0.2, 0) is 16.0 Å². The van der Waals surface area contributed by atoms with Gasteiger partial charge in [-0.25, -0.2) is 4.79 Å². The molecule has 0 aromatic heterocycles. The Balaban J connectivity index is 1.92. The van der Waals surface area contributed by atoms with Gasteiger partial charge in [0.25, 0.3) is 5.91 Å². The van der Waals surface area contributed by atoms with E-state index in [4.69, 9.17) is 9.47 Å². The first kappa shape index (κ1) is 16.5. The highest BCUT2D eigenvalue weighted by Crippen LogP contribution is 2.18. The maximum Gasteiger partial charge on any atom is 0.342 e. The van der Waals surface area contributed by atoms with Crippen LogP contribution in [0.3, 0.4) is 0 Å². The Morgan fingerprint density at radius 1 is 1.09 bits per heavy atom. The van der Waals surface area contributed by atoms with Gasteiger partial charge in [0.15, 0.2) is 6.61 Å². The van der Waals surface area contributed by atoms with Gasteiger partial charge in [-0.2, -0.15) is 0 Å². The van der Waals surface area contributed by atoms with E-state index in [1.165, 1.54) is 7.11 Å². The number of carbonyl (C=O) groups is 2. The molecule has 2 rings (SSSR count).